The number of nitrogens with one attached hydrogen (secondary N) is 1. The lowest BCUT2D eigenvalue weighted by atomic mass is 10.1. The van der Waals surface area contributed by atoms with Gasteiger partial charge in [0.2, 0.25) is 5.91 Å². The first kappa shape index (κ1) is 15.5. The number of amides is 2. The van der Waals surface area contributed by atoms with Crippen molar-refractivity contribution >= 4 is 33.4 Å². The maximum atomic E-state index is 12.3. The van der Waals surface area contributed by atoms with Gasteiger partial charge in [0.25, 0.3) is 5.91 Å². The molecule has 0 bridgehead atoms. The van der Waals surface area contributed by atoms with Gasteiger partial charge in [0, 0.05) is 18.8 Å². The van der Waals surface area contributed by atoms with Crippen LogP contribution in [-0.2, 0) is 4.79 Å². The highest BCUT2D eigenvalue weighted by Crippen LogP contribution is 2.24. The maximum Gasteiger partial charge on any atom is 0.255 e. The summed E-state index contributed by atoms with van der Waals surface area (Å²) in [6.07, 6.45) is 0. The molecular formula is C13H18BrN3O2. The van der Waals surface area contributed by atoms with E-state index in [-0.39, 0.29) is 18.4 Å². The van der Waals surface area contributed by atoms with E-state index in [1.54, 1.807) is 18.2 Å². The van der Waals surface area contributed by atoms with Crippen molar-refractivity contribution in [1.29, 1.82) is 0 Å². The third kappa shape index (κ3) is 3.96. The van der Waals surface area contributed by atoms with Crippen LogP contribution in [0, 0.1) is 0 Å². The van der Waals surface area contributed by atoms with Crippen LogP contribution in [0.2, 0.25) is 0 Å². The molecule has 1 rings (SSSR count). The van der Waals surface area contributed by atoms with Gasteiger partial charge >= 0.3 is 0 Å². The minimum atomic E-state index is -0.215. The van der Waals surface area contributed by atoms with E-state index in [9.17, 15) is 9.59 Å². The predicted molar refractivity (Wildman–Crippen MR) is 78.8 cm³/mol. The molecule has 0 radical (unpaired) electrons. The summed E-state index contributed by atoms with van der Waals surface area (Å²) in [5.41, 5.74) is 6.72. The summed E-state index contributed by atoms with van der Waals surface area (Å²) in [6.45, 7) is 4.72. The Morgan fingerprint density at radius 3 is 2.63 bits per heavy atom. The van der Waals surface area contributed by atoms with Gasteiger partial charge in [-0.25, -0.2) is 0 Å². The van der Waals surface area contributed by atoms with Crippen LogP contribution in [0.25, 0.3) is 0 Å². The molecule has 0 unspecified atom stereocenters. The van der Waals surface area contributed by atoms with E-state index in [4.69, 9.17) is 5.73 Å². The van der Waals surface area contributed by atoms with E-state index in [1.807, 2.05) is 13.8 Å². The van der Waals surface area contributed by atoms with Crippen LogP contribution in [0.4, 0.5) is 5.69 Å². The molecular weight excluding hydrogens is 310 g/mol. The monoisotopic (exact) mass is 327 g/mol. The zero-order valence-electron chi connectivity index (χ0n) is 11.1. The molecule has 1 aromatic carbocycles. The predicted octanol–water partition coefficient (Wildman–Crippen LogP) is 1.63. The first-order valence-corrected chi connectivity index (χ1v) is 6.90. The molecule has 2 amide bonds. The van der Waals surface area contributed by atoms with Gasteiger partial charge in [0.15, 0.2) is 0 Å². The van der Waals surface area contributed by atoms with E-state index in [0.29, 0.717) is 28.8 Å². The van der Waals surface area contributed by atoms with Gasteiger partial charge in [0.1, 0.15) is 0 Å². The Hall–Kier alpha value is -1.56. The van der Waals surface area contributed by atoms with Gasteiger partial charge in [-0.3, -0.25) is 9.59 Å². The standard InChI is InChI=1S/C13H18BrN3O2/c1-3-16-11(18)8-17(4-2)13(19)9-6-5-7-10(15)12(9)14/h5-7H,3-4,8,15H2,1-2H3,(H,16,18). The van der Waals surface area contributed by atoms with Crippen molar-refractivity contribution < 1.29 is 9.59 Å². The van der Waals surface area contributed by atoms with Gasteiger partial charge < -0.3 is 16.0 Å². The molecule has 0 aliphatic rings. The Bertz CT molecular complexity index is 477. The molecule has 0 atom stereocenters. The number of halogens is 1. The van der Waals surface area contributed by atoms with E-state index in [0.717, 1.165) is 0 Å². The number of carbonyl (C=O) groups is 2. The minimum absolute atomic E-state index is 0.0460. The Balaban J connectivity index is 2.89. The van der Waals surface area contributed by atoms with Crippen LogP contribution in [0.1, 0.15) is 24.2 Å². The lowest BCUT2D eigenvalue weighted by Gasteiger charge is -2.21. The van der Waals surface area contributed by atoms with Crippen LogP contribution in [0.15, 0.2) is 22.7 Å². The fourth-order valence-electron chi connectivity index (χ4n) is 1.64. The van der Waals surface area contributed by atoms with E-state index in [1.165, 1.54) is 4.90 Å². The normalized spacial score (nSPS) is 10.1. The van der Waals surface area contributed by atoms with Gasteiger partial charge in [-0.2, -0.15) is 0 Å². The van der Waals surface area contributed by atoms with Crippen LogP contribution in [-0.4, -0.2) is 36.3 Å². The van der Waals surface area contributed by atoms with Crippen molar-refractivity contribution in [3.63, 3.8) is 0 Å². The zero-order chi connectivity index (χ0) is 14.4. The second kappa shape index (κ2) is 7.13. The largest absolute Gasteiger partial charge is 0.398 e. The maximum absolute atomic E-state index is 12.3. The summed E-state index contributed by atoms with van der Waals surface area (Å²) in [6, 6.07) is 5.11. The highest BCUT2D eigenvalue weighted by molar-refractivity contribution is 9.10. The highest BCUT2D eigenvalue weighted by atomic mass is 79.9. The fraction of sp³-hybridized carbons (Fsp3) is 0.385. The SMILES string of the molecule is CCNC(=O)CN(CC)C(=O)c1cccc(N)c1Br. The number of anilines is 1. The van der Waals surface area contributed by atoms with Gasteiger partial charge in [-0.1, -0.05) is 6.07 Å². The van der Waals surface area contributed by atoms with E-state index in [2.05, 4.69) is 21.2 Å². The number of hydrogen-bond donors (Lipinski definition) is 2. The fourth-order valence-corrected chi connectivity index (χ4v) is 2.07. The van der Waals surface area contributed by atoms with Crippen molar-refractivity contribution in [1.82, 2.24) is 10.2 Å². The average molecular weight is 328 g/mol. The molecule has 104 valence electrons. The van der Waals surface area contributed by atoms with Crippen molar-refractivity contribution in [3.8, 4) is 0 Å². The summed E-state index contributed by atoms with van der Waals surface area (Å²) in [7, 11) is 0. The number of nitrogens with two attached hydrogens (primary N) is 1. The smallest absolute Gasteiger partial charge is 0.255 e. The molecule has 0 aromatic heterocycles. The first-order valence-electron chi connectivity index (χ1n) is 6.11. The van der Waals surface area contributed by atoms with Gasteiger partial charge in [0.05, 0.1) is 16.6 Å². The summed E-state index contributed by atoms with van der Waals surface area (Å²) in [5, 5.41) is 2.67. The van der Waals surface area contributed by atoms with Crippen LogP contribution >= 0.6 is 15.9 Å². The molecule has 0 saturated heterocycles. The summed E-state index contributed by atoms with van der Waals surface area (Å²) < 4.78 is 0.564. The number of nitrogen functional groups attached to an aromatic ring is 1. The third-order valence-corrected chi connectivity index (χ3v) is 3.52. The average Bonchev–Trinajstić information content (AvgIpc) is 2.39. The molecule has 0 aliphatic carbocycles. The van der Waals surface area contributed by atoms with Crippen LogP contribution in [0.3, 0.4) is 0 Å². The van der Waals surface area contributed by atoms with Crippen molar-refractivity contribution in [2.24, 2.45) is 0 Å². The molecule has 6 heteroatoms. The number of benzene rings is 1. The highest BCUT2D eigenvalue weighted by Gasteiger charge is 2.19. The molecule has 0 saturated carbocycles. The van der Waals surface area contributed by atoms with Crippen molar-refractivity contribution in [3.05, 3.63) is 28.2 Å². The Kier molecular flexibility index (Phi) is 5.82. The summed E-state index contributed by atoms with van der Waals surface area (Å²) in [5.74, 6) is -0.384. The Morgan fingerprint density at radius 1 is 1.37 bits per heavy atom. The molecule has 0 aliphatic heterocycles. The van der Waals surface area contributed by atoms with Crippen molar-refractivity contribution in [2.75, 3.05) is 25.4 Å². The first-order chi connectivity index (χ1) is 9.01. The quantitative estimate of drug-likeness (QED) is 0.807. The molecule has 0 fully saturated rings. The van der Waals surface area contributed by atoms with E-state index < -0.39 is 0 Å². The number of carbonyl (C=O) groups excluding carboxylic acids is 2. The van der Waals surface area contributed by atoms with Crippen LogP contribution < -0.4 is 11.1 Å². The topological polar surface area (TPSA) is 75.4 Å². The molecule has 1 aromatic rings. The number of likely N-dealkylation sites (N-methyl/N-ethyl adjacent to an activating group) is 2. The summed E-state index contributed by atoms with van der Waals surface area (Å²) in [4.78, 5) is 25.4. The second-order valence-electron chi connectivity index (χ2n) is 3.98. The molecule has 19 heavy (non-hydrogen) atoms. The number of nitrogens with zero attached hydrogens (tertiary/aromatic N) is 1. The molecule has 5 nitrogen and oxygen atoms in total. The zero-order valence-corrected chi connectivity index (χ0v) is 12.7. The number of hydrogen-bond acceptors (Lipinski definition) is 3. The van der Waals surface area contributed by atoms with Crippen LogP contribution in [0.5, 0.6) is 0 Å². The van der Waals surface area contributed by atoms with Crippen molar-refractivity contribution in [2.45, 2.75) is 13.8 Å². The second-order valence-corrected chi connectivity index (χ2v) is 4.77. The Morgan fingerprint density at radius 2 is 2.05 bits per heavy atom. The molecule has 0 heterocycles. The van der Waals surface area contributed by atoms with E-state index >= 15 is 0 Å². The lowest BCUT2D eigenvalue weighted by Crippen LogP contribution is -2.40. The Labute approximate surface area is 121 Å². The number of rotatable bonds is 5. The third-order valence-electron chi connectivity index (χ3n) is 2.64. The summed E-state index contributed by atoms with van der Waals surface area (Å²) >= 11 is 3.30. The molecule has 0 spiro atoms. The van der Waals surface area contributed by atoms with Gasteiger partial charge in [-0.15, -0.1) is 0 Å². The lowest BCUT2D eigenvalue weighted by molar-refractivity contribution is -0.121. The molecule has 3 N–H and O–H groups in total. The minimum Gasteiger partial charge on any atom is -0.398 e. The van der Waals surface area contributed by atoms with Gasteiger partial charge in [-0.05, 0) is 41.9 Å².